The van der Waals surface area contributed by atoms with Gasteiger partial charge in [0, 0.05) is 32.0 Å². The second-order valence-corrected chi connectivity index (χ2v) is 12.2. The molecule has 2 aliphatic heterocycles. The van der Waals surface area contributed by atoms with E-state index in [2.05, 4.69) is 46.6 Å². The third kappa shape index (κ3) is 9.47. The highest BCUT2D eigenvalue weighted by molar-refractivity contribution is 5.82. The van der Waals surface area contributed by atoms with Crippen molar-refractivity contribution in [1.82, 2.24) is 10.2 Å². The number of nitrogens with zero attached hydrogens (tertiary/aromatic N) is 1. The monoisotopic (exact) mass is 614 g/mol. The number of rotatable bonds is 10. The van der Waals surface area contributed by atoms with Crippen LogP contribution in [-0.4, -0.2) is 53.7 Å². The Morgan fingerprint density at radius 3 is 2.27 bits per heavy atom. The molecule has 0 unspecified atom stereocenters. The molecule has 2 saturated heterocycles. The third-order valence-corrected chi connectivity index (χ3v) is 8.65. The molecule has 0 aliphatic carbocycles. The molecular weight excluding hydrogens is 568 g/mol. The lowest BCUT2D eigenvalue weighted by atomic mass is 9.98. The molecule has 2 fully saturated rings. The summed E-state index contributed by atoms with van der Waals surface area (Å²) < 4.78 is 18.2. The molecule has 3 aromatic rings. The number of ether oxygens (including phenoxy) is 3. The fourth-order valence-electron chi connectivity index (χ4n) is 6.15. The Balaban J connectivity index is 1.28. The van der Waals surface area contributed by atoms with Crippen molar-refractivity contribution in [3.8, 4) is 11.1 Å². The minimum absolute atomic E-state index is 0.0221. The lowest BCUT2D eigenvalue weighted by molar-refractivity contribution is -0.253. The summed E-state index contributed by atoms with van der Waals surface area (Å²) in [5.41, 5.74) is 5.98. The van der Waals surface area contributed by atoms with Gasteiger partial charge in [-0.05, 0) is 66.7 Å². The summed E-state index contributed by atoms with van der Waals surface area (Å²) >= 11 is 0. The molecule has 45 heavy (non-hydrogen) atoms. The first-order valence-corrected chi connectivity index (χ1v) is 16.2. The summed E-state index contributed by atoms with van der Waals surface area (Å²) in [6.07, 6.45) is 5.80. The van der Waals surface area contributed by atoms with E-state index in [9.17, 15) is 14.7 Å². The largest absolute Gasteiger partial charge is 0.453 e. The van der Waals surface area contributed by atoms with Crippen LogP contribution in [0.15, 0.2) is 72.8 Å². The van der Waals surface area contributed by atoms with Gasteiger partial charge in [-0.15, -0.1) is 0 Å². The van der Waals surface area contributed by atoms with E-state index in [0.29, 0.717) is 6.54 Å². The van der Waals surface area contributed by atoms with Gasteiger partial charge in [-0.1, -0.05) is 86.0 Å². The predicted octanol–water partition coefficient (Wildman–Crippen LogP) is 6.23. The molecule has 0 bridgehead atoms. The van der Waals surface area contributed by atoms with Gasteiger partial charge in [-0.3, -0.25) is 9.59 Å². The van der Waals surface area contributed by atoms with E-state index in [0.717, 1.165) is 59.4 Å². The molecule has 0 aromatic heterocycles. The Labute approximate surface area is 266 Å². The molecule has 0 radical (unpaired) electrons. The van der Waals surface area contributed by atoms with Crippen molar-refractivity contribution in [3.05, 3.63) is 95.1 Å². The Morgan fingerprint density at radius 2 is 1.58 bits per heavy atom. The van der Waals surface area contributed by atoms with E-state index < -0.39 is 18.4 Å². The number of likely N-dealkylation sites (tertiary alicyclic amines) is 1. The highest BCUT2D eigenvalue weighted by atomic mass is 16.7. The summed E-state index contributed by atoms with van der Waals surface area (Å²) in [6.45, 7) is 6.33. The molecule has 2 heterocycles. The lowest BCUT2D eigenvalue weighted by Crippen LogP contribution is -2.40. The minimum atomic E-state index is -0.838. The smallest absolute Gasteiger partial charge is 0.303 e. The van der Waals surface area contributed by atoms with E-state index in [1.807, 2.05) is 36.4 Å². The summed E-state index contributed by atoms with van der Waals surface area (Å²) in [4.78, 5) is 26.0. The van der Waals surface area contributed by atoms with Gasteiger partial charge in [-0.2, -0.15) is 0 Å². The van der Waals surface area contributed by atoms with Crippen molar-refractivity contribution < 1.29 is 28.9 Å². The molecule has 4 atom stereocenters. The van der Waals surface area contributed by atoms with E-state index in [1.165, 1.54) is 39.0 Å². The van der Waals surface area contributed by atoms with Crippen LogP contribution in [0.2, 0.25) is 0 Å². The SMILES string of the molecule is CC(=O)O[C@@H](C)C(=O)NCc1cccc(-c2ccc([C@H]3O[C@@H](CN4CCCCCCC4)C[C@@H](c4ccc(CO)cc4)O3)cc2)c1. The summed E-state index contributed by atoms with van der Waals surface area (Å²) in [5, 5.41) is 12.4. The molecule has 8 heteroatoms. The zero-order valence-corrected chi connectivity index (χ0v) is 26.5. The van der Waals surface area contributed by atoms with E-state index in [1.54, 1.807) is 6.92 Å². The van der Waals surface area contributed by atoms with Crippen molar-refractivity contribution >= 4 is 11.9 Å². The van der Waals surface area contributed by atoms with Gasteiger partial charge in [0.05, 0.1) is 18.8 Å². The van der Waals surface area contributed by atoms with Gasteiger partial charge in [0.1, 0.15) is 0 Å². The molecule has 5 rings (SSSR count). The molecule has 8 nitrogen and oxygen atoms in total. The van der Waals surface area contributed by atoms with Gasteiger partial charge in [-0.25, -0.2) is 0 Å². The quantitative estimate of drug-likeness (QED) is 0.262. The van der Waals surface area contributed by atoms with Crippen LogP contribution >= 0.6 is 0 Å². The number of aliphatic hydroxyl groups excluding tert-OH is 1. The maximum absolute atomic E-state index is 12.3. The Bertz CT molecular complexity index is 1380. The number of benzene rings is 3. The minimum Gasteiger partial charge on any atom is -0.453 e. The van der Waals surface area contributed by atoms with E-state index in [4.69, 9.17) is 14.2 Å². The maximum atomic E-state index is 12.3. The fraction of sp³-hybridized carbons (Fsp3) is 0.459. The van der Waals surface area contributed by atoms with Crippen LogP contribution in [0.3, 0.4) is 0 Å². The highest BCUT2D eigenvalue weighted by Gasteiger charge is 2.33. The topological polar surface area (TPSA) is 97.3 Å². The summed E-state index contributed by atoms with van der Waals surface area (Å²) in [6, 6.07) is 24.3. The molecule has 2 N–H and O–H groups in total. The van der Waals surface area contributed by atoms with E-state index in [-0.39, 0.29) is 24.7 Å². The van der Waals surface area contributed by atoms with Crippen LogP contribution in [0.4, 0.5) is 0 Å². The number of hydrogen-bond acceptors (Lipinski definition) is 7. The molecular formula is C37H46N2O6. The number of carbonyl (C=O) groups is 2. The van der Waals surface area contributed by atoms with Crippen molar-refractivity contribution in [2.24, 2.45) is 0 Å². The lowest BCUT2D eigenvalue weighted by Gasteiger charge is -2.38. The van der Waals surface area contributed by atoms with Crippen LogP contribution in [0.25, 0.3) is 11.1 Å². The van der Waals surface area contributed by atoms with Gasteiger partial charge in [0.15, 0.2) is 12.4 Å². The molecule has 2 aliphatic rings. The van der Waals surface area contributed by atoms with Gasteiger partial charge >= 0.3 is 5.97 Å². The number of carbonyl (C=O) groups excluding carboxylic acids is 2. The van der Waals surface area contributed by atoms with Crippen LogP contribution in [-0.2, 0) is 37.0 Å². The average Bonchev–Trinajstić information content (AvgIpc) is 3.04. The molecule has 1 amide bonds. The Kier molecular flexibility index (Phi) is 11.8. The first-order valence-electron chi connectivity index (χ1n) is 16.2. The first kappa shape index (κ1) is 32.8. The standard InChI is InChI=1S/C37H46N2O6/c1-26(43-27(2)41)36(42)38-23-29-9-8-10-33(21-29)30-15-17-32(18-16-30)37-44-34(24-39-19-6-4-3-5-7-20-39)22-35(45-37)31-13-11-28(25-40)12-14-31/h8-18,21,26,34-35,37,40H,3-7,19-20,22-25H2,1-2H3,(H,38,42)/t26-,34+,35-,37-/m0/s1. The fourth-order valence-corrected chi connectivity index (χ4v) is 6.15. The van der Waals surface area contributed by atoms with Crippen molar-refractivity contribution in [1.29, 1.82) is 0 Å². The van der Waals surface area contributed by atoms with Gasteiger partial charge < -0.3 is 29.5 Å². The molecule has 3 aromatic carbocycles. The number of nitrogens with one attached hydrogen (secondary N) is 1. The first-order chi connectivity index (χ1) is 21.9. The zero-order valence-electron chi connectivity index (χ0n) is 26.5. The summed E-state index contributed by atoms with van der Waals surface area (Å²) in [5.74, 6) is -0.817. The highest BCUT2D eigenvalue weighted by Crippen LogP contribution is 2.39. The number of aliphatic hydroxyl groups is 1. The zero-order chi connectivity index (χ0) is 31.6. The second-order valence-electron chi connectivity index (χ2n) is 12.2. The number of esters is 1. The van der Waals surface area contributed by atoms with Gasteiger partial charge in [0.2, 0.25) is 0 Å². The van der Waals surface area contributed by atoms with Crippen molar-refractivity contribution in [2.45, 2.75) is 90.1 Å². The van der Waals surface area contributed by atoms with Crippen molar-refractivity contribution in [3.63, 3.8) is 0 Å². The summed E-state index contributed by atoms with van der Waals surface area (Å²) in [7, 11) is 0. The molecule has 240 valence electrons. The number of hydrogen-bond donors (Lipinski definition) is 2. The maximum Gasteiger partial charge on any atom is 0.303 e. The Hall–Kier alpha value is -3.56. The van der Waals surface area contributed by atoms with Crippen LogP contribution in [0.5, 0.6) is 0 Å². The third-order valence-electron chi connectivity index (χ3n) is 8.65. The number of amides is 1. The van der Waals surface area contributed by atoms with Crippen LogP contribution < -0.4 is 5.32 Å². The van der Waals surface area contributed by atoms with E-state index >= 15 is 0 Å². The van der Waals surface area contributed by atoms with Crippen molar-refractivity contribution in [2.75, 3.05) is 19.6 Å². The normalized spacial score (nSPS) is 21.7. The molecule has 0 spiro atoms. The predicted molar refractivity (Wildman–Crippen MR) is 173 cm³/mol. The second kappa shape index (κ2) is 16.1. The molecule has 0 saturated carbocycles. The van der Waals surface area contributed by atoms with Crippen LogP contribution in [0, 0.1) is 0 Å². The van der Waals surface area contributed by atoms with Crippen LogP contribution in [0.1, 0.15) is 87.0 Å². The average molecular weight is 615 g/mol. The Morgan fingerprint density at radius 1 is 0.889 bits per heavy atom. The van der Waals surface area contributed by atoms with Gasteiger partial charge in [0.25, 0.3) is 5.91 Å².